The fraction of sp³-hybridized carbons (Fsp3) is 0.929. The van der Waals surface area contributed by atoms with Crippen LogP contribution in [0.25, 0.3) is 0 Å². The van der Waals surface area contributed by atoms with Crippen molar-refractivity contribution in [2.45, 2.75) is 44.2 Å². The molecule has 1 aliphatic heterocycles. The summed E-state index contributed by atoms with van der Waals surface area (Å²) in [6.45, 7) is 1.26. The van der Waals surface area contributed by atoms with Gasteiger partial charge in [-0.1, -0.05) is 25.7 Å². The van der Waals surface area contributed by atoms with Crippen molar-refractivity contribution in [3.63, 3.8) is 0 Å². The molecular formula is C14H25NO4. The summed E-state index contributed by atoms with van der Waals surface area (Å²) in [6, 6.07) is -0.115. The molecule has 0 amide bonds. The van der Waals surface area contributed by atoms with Crippen LogP contribution in [0.15, 0.2) is 0 Å². The average molecular weight is 271 g/mol. The van der Waals surface area contributed by atoms with Crippen LogP contribution in [0.1, 0.15) is 32.1 Å². The molecule has 19 heavy (non-hydrogen) atoms. The highest BCUT2D eigenvalue weighted by molar-refractivity contribution is 5.71. The minimum Gasteiger partial charge on any atom is -0.481 e. The maximum atomic E-state index is 11.1. The molecule has 1 aliphatic carbocycles. The molecule has 3 unspecified atom stereocenters. The molecule has 0 aromatic carbocycles. The van der Waals surface area contributed by atoms with Crippen molar-refractivity contribution >= 4 is 5.97 Å². The molecule has 1 saturated carbocycles. The summed E-state index contributed by atoms with van der Waals surface area (Å²) in [7, 11) is 1.88. The smallest absolute Gasteiger partial charge is 0.310 e. The van der Waals surface area contributed by atoms with Crippen molar-refractivity contribution in [2.75, 3.05) is 26.8 Å². The van der Waals surface area contributed by atoms with Crippen LogP contribution in [0.5, 0.6) is 0 Å². The highest BCUT2D eigenvalue weighted by atomic mass is 16.5. The predicted molar refractivity (Wildman–Crippen MR) is 70.9 cm³/mol. The highest BCUT2D eigenvalue weighted by Crippen LogP contribution is 2.29. The van der Waals surface area contributed by atoms with E-state index >= 15 is 0 Å². The fourth-order valence-electron chi connectivity index (χ4n) is 3.39. The number of carbonyl (C=O) groups is 1. The number of carboxylic acid groups (broad SMARTS) is 1. The summed E-state index contributed by atoms with van der Waals surface area (Å²) in [5.41, 5.74) is 0. The second-order valence-corrected chi connectivity index (χ2v) is 6.03. The van der Waals surface area contributed by atoms with Gasteiger partial charge < -0.3 is 14.9 Å². The number of ether oxygens (including phenoxy) is 1. The first kappa shape index (κ1) is 14.8. The minimum absolute atomic E-state index is 0.115. The Balaban J connectivity index is 1.78. The van der Waals surface area contributed by atoms with E-state index < -0.39 is 11.9 Å². The Morgan fingerprint density at radius 2 is 2.05 bits per heavy atom. The van der Waals surface area contributed by atoms with Gasteiger partial charge in [0.15, 0.2) is 0 Å². The lowest BCUT2D eigenvalue weighted by Crippen LogP contribution is -2.44. The van der Waals surface area contributed by atoms with E-state index in [9.17, 15) is 9.90 Å². The number of hydrogen-bond acceptors (Lipinski definition) is 4. The average Bonchev–Trinajstić information content (AvgIpc) is 2.97. The number of aliphatic carboxylic acids is 1. The number of carboxylic acids is 1. The SMILES string of the molecule is CN(CC(O)CC1CCCC1)C1COCC1C(=O)O. The Bertz CT molecular complexity index is 304. The van der Waals surface area contributed by atoms with E-state index in [1.807, 2.05) is 11.9 Å². The van der Waals surface area contributed by atoms with E-state index in [-0.39, 0.29) is 18.8 Å². The number of aliphatic hydroxyl groups excluding tert-OH is 1. The van der Waals surface area contributed by atoms with E-state index in [0.29, 0.717) is 19.1 Å². The maximum Gasteiger partial charge on any atom is 0.310 e. The van der Waals surface area contributed by atoms with Crippen molar-refractivity contribution in [1.82, 2.24) is 4.90 Å². The van der Waals surface area contributed by atoms with Crippen LogP contribution < -0.4 is 0 Å². The molecule has 110 valence electrons. The molecule has 5 heteroatoms. The molecule has 0 bridgehead atoms. The van der Waals surface area contributed by atoms with Gasteiger partial charge in [0.2, 0.25) is 0 Å². The normalized spacial score (nSPS) is 30.1. The number of likely N-dealkylation sites (N-methyl/N-ethyl adjacent to an activating group) is 1. The third-order valence-corrected chi connectivity index (χ3v) is 4.51. The Kier molecular flexibility index (Phi) is 5.19. The monoisotopic (exact) mass is 271 g/mol. The van der Waals surface area contributed by atoms with E-state index in [1.54, 1.807) is 0 Å². The minimum atomic E-state index is -0.806. The van der Waals surface area contributed by atoms with Gasteiger partial charge in [-0.2, -0.15) is 0 Å². The van der Waals surface area contributed by atoms with Crippen LogP contribution in [0, 0.1) is 11.8 Å². The van der Waals surface area contributed by atoms with Crippen molar-refractivity contribution in [2.24, 2.45) is 11.8 Å². The Hall–Kier alpha value is -0.650. The molecule has 1 heterocycles. The molecule has 2 fully saturated rings. The molecule has 0 spiro atoms. The zero-order valence-electron chi connectivity index (χ0n) is 11.6. The molecule has 0 aromatic heterocycles. The molecule has 3 atom stereocenters. The van der Waals surface area contributed by atoms with Crippen LogP contribution in [-0.2, 0) is 9.53 Å². The van der Waals surface area contributed by atoms with Gasteiger partial charge in [0.1, 0.15) is 0 Å². The summed E-state index contributed by atoms with van der Waals surface area (Å²) in [6.07, 6.45) is 5.50. The predicted octanol–water partition coefficient (Wildman–Crippen LogP) is 0.959. The van der Waals surface area contributed by atoms with E-state index in [4.69, 9.17) is 9.84 Å². The lowest BCUT2D eigenvalue weighted by Gasteiger charge is -2.29. The van der Waals surface area contributed by atoms with E-state index in [2.05, 4.69) is 0 Å². The van der Waals surface area contributed by atoms with Crippen LogP contribution in [0.3, 0.4) is 0 Å². The van der Waals surface area contributed by atoms with Crippen LogP contribution in [0.2, 0.25) is 0 Å². The van der Waals surface area contributed by atoms with Gasteiger partial charge in [0, 0.05) is 12.6 Å². The largest absolute Gasteiger partial charge is 0.481 e. The zero-order chi connectivity index (χ0) is 13.8. The molecule has 0 radical (unpaired) electrons. The third-order valence-electron chi connectivity index (χ3n) is 4.51. The van der Waals surface area contributed by atoms with Crippen molar-refractivity contribution in [3.8, 4) is 0 Å². The lowest BCUT2D eigenvalue weighted by atomic mass is 9.98. The standard InChI is InChI=1S/C14H25NO4/c1-15(13-9-19-8-12(13)14(17)18)7-11(16)6-10-4-2-3-5-10/h10-13,16H,2-9H2,1H3,(H,17,18). The van der Waals surface area contributed by atoms with Crippen LogP contribution >= 0.6 is 0 Å². The summed E-state index contributed by atoms with van der Waals surface area (Å²) in [5, 5.41) is 19.3. The van der Waals surface area contributed by atoms with Crippen molar-refractivity contribution < 1.29 is 19.7 Å². The van der Waals surface area contributed by atoms with Crippen LogP contribution in [0.4, 0.5) is 0 Å². The maximum absolute atomic E-state index is 11.1. The Morgan fingerprint density at radius 3 is 2.68 bits per heavy atom. The molecule has 5 nitrogen and oxygen atoms in total. The molecule has 2 N–H and O–H groups in total. The molecule has 0 aromatic rings. The second kappa shape index (κ2) is 6.68. The van der Waals surface area contributed by atoms with Gasteiger partial charge in [-0.05, 0) is 19.4 Å². The van der Waals surface area contributed by atoms with Gasteiger partial charge in [0.25, 0.3) is 0 Å². The summed E-state index contributed by atoms with van der Waals surface area (Å²) in [5.74, 6) is -0.623. The first-order valence-corrected chi connectivity index (χ1v) is 7.26. The topological polar surface area (TPSA) is 70.0 Å². The second-order valence-electron chi connectivity index (χ2n) is 6.03. The van der Waals surface area contributed by atoms with Crippen molar-refractivity contribution in [3.05, 3.63) is 0 Å². The van der Waals surface area contributed by atoms with Gasteiger partial charge in [0.05, 0.1) is 25.2 Å². The quantitative estimate of drug-likeness (QED) is 0.753. The third kappa shape index (κ3) is 3.91. The first-order valence-electron chi connectivity index (χ1n) is 7.26. The van der Waals surface area contributed by atoms with Gasteiger partial charge in [-0.15, -0.1) is 0 Å². The van der Waals surface area contributed by atoms with E-state index in [1.165, 1.54) is 25.7 Å². The number of rotatable bonds is 6. The Labute approximate surface area is 114 Å². The van der Waals surface area contributed by atoms with Gasteiger partial charge in [-0.3, -0.25) is 9.69 Å². The molecule has 2 rings (SSSR count). The number of nitrogens with zero attached hydrogens (tertiary/aromatic N) is 1. The van der Waals surface area contributed by atoms with Crippen LogP contribution in [-0.4, -0.2) is 60.0 Å². The Morgan fingerprint density at radius 1 is 1.37 bits per heavy atom. The zero-order valence-corrected chi connectivity index (χ0v) is 11.6. The van der Waals surface area contributed by atoms with Gasteiger partial charge >= 0.3 is 5.97 Å². The van der Waals surface area contributed by atoms with E-state index in [0.717, 1.165) is 6.42 Å². The summed E-state index contributed by atoms with van der Waals surface area (Å²) in [4.78, 5) is 13.1. The summed E-state index contributed by atoms with van der Waals surface area (Å²) < 4.78 is 5.26. The fourth-order valence-corrected chi connectivity index (χ4v) is 3.39. The molecular weight excluding hydrogens is 246 g/mol. The molecule has 1 saturated heterocycles. The number of hydrogen-bond donors (Lipinski definition) is 2. The first-order chi connectivity index (χ1) is 9.08. The number of aliphatic hydroxyl groups is 1. The lowest BCUT2D eigenvalue weighted by molar-refractivity contribution is -0.143. The highest BCUT2D eigenvalue weighted by Gasteiger charge is 2.37. The summed E-state index contributed by atoms with van der Waals surface area (Å²) >= 11 is 0. The van der Waals surface area contributed by atoms with Crippen molar-refractivity contribution in [1.29, 1.82) is 0 Å². The molecule has 2 aliphatic rings. The van der Waals surface area contributed by atoms with Gasteiger partial charge in [-0.25, -0.2) is 0 Å².